The molecule has 1 amide bonds. The van der Waals surface area contributed by atoms with E-state index in [0.717, 1.165) is 11.3 Å². The molecule has 0 radical (unpaired) electrons. The van der Waals surface area contributed by atoms with Crippen LogP contribution in [0, 0.1) is 13.8 Å². The van der Waals surface area contributed by atoms with Crippen LogP contribution in [0.3, 0.4) is 0 Å². The van der Waals surface area contributed by atoms with Gasteiger partial charge in [0.25, 0.3) is 0 Å². The molecule has 1 aliphatic rings. The second kappa shape index (κ2) is 6.93. The van der Waals surface area contributed by atoms with Crippen LogP contribution in [0.1, 0.15) is 24.1 Å². The molecule has 6 nitrogen and oxygen atoms in total. The van der Waals surface area contributed by atoms with Crippen molar-refractivity contribution in [1.29, 1.82) is 0 Å². The van der Waals surface area contributed by atoms with E-state index < -0.39 is 16.1 Å². The molecule has 7 heteroatoms. The summed E-state index contributed by atoms with van der Waals surface area (Å²) in [4.78, 5) is 17.1. The van der Waals surface area contributed by atoms with E-state index in [1.807, 2.05) is 19.9 Å². The summed E-state index contributed by atoms with van der Waals surface area (Å²) < 4.78 is 27.1. The fourth-order valence-corrected chi connectivity index (χ4v) is 4.61. The van der Waals surface area contributed by atoms with Crippen LogP contribution in [0.2, 0.25) is 0 Å². The summed E-state index contributed by atoms with van der Waals surface area (Å²) in [6.45, 7) is 4.08. The molecule has 1 atom stereocenters. The average Bonchev–Trinajstić information content (AvgIpc) is 3.06. The summed E-state index contributed by atoms with van der Waals surface area (Å²) in [6, 6.07) is 11.3. The van der Waals surface area contributed by atoms with Crippen molar-refractivity contribution in [1.82, 2.24) is 9.29 Å². The topological polar surface area (TPSA) is 79.4 Å². The molecule has 0 spiro atoms. The largest absolute Gasteiger partial charge is 0.309 e. The molecule has 1 fully saturated rings. The van der Waals surface area contributed by atoms with Crippen LogP contribution in [-0.2, 0) is 14.8 Å². The Hall–Kier alpha value is -2.25. The highest BCUT2D eigenvalue weighted by Crippen LogP contribution is 2.27. The number of nitrogens with zero attached hydrogens (tertiary/aromatic N) is 2. The predicted molar refractivity (Wildman–Crippen MR) is 95.7 cm³/mol. The van der Waals surface area contributed by atoms with Crippen LogP contribution in [0.15, 0.2) is 47.4 Å². The highest BCUT2D eigenvalue weighted by molar-refractivity contribution is 7.89. The molecule has 3 rings (SSSR count). The zero-order valence-electron chi connectivity index (χ0n) is 14.3. The number of aryl methyl sites for hydroxylation is 2. The van der Waals surface area contributed by atoms with Gasteiger partial charge in [0.05, 0.1) is 4.90 Å². The number of hydrogen-bond acceptors (Lipinski definition) is 4. The number of anilines is 1. The predicted octanol–water partition coefficient (Wildman–Crippen LogP) is 2.49. The van der Waals surface area contributed by atoms with Crippen LogP contribution in [0.4, 0.5) is 5.82 Å². The van der Waals surface area contributed by atoms with Crippen molar-refractivity contribution in [3.05, 3.63) is 53.7 Å². The lowest BCUT2D eigenvalue weighted by Gasteiger charge is -2.23. The molecule has 1 aromatic carbocycles. The second-order valence-corrected chi connectivity index (χ2v) is 8.13. The molecule has 0 bridgehead atoms. The number of pyridine rings is 1. The smallest absolute Gasteiger partial charge is 0.243 e. The van der Waals surface area contributed by atoms with Crippen LogP contribution in [0.25, 0.3) is 0 Å². The first-order chi connectivity index (χ1) is 11.9. The van der Waals surface area contributed by atoms with E-state index in [4.69, 9.17) is 0 Å². The first-order valence-corrected chi connectivity index (χ1v) is 9.65. The molecule has 25 heavy (non-hydrogen) atoms. The van der Waals surface area contributed by atoms with Crippen molar-refractivity contribution in [3.8, 4) is 0 Å². The molecule has 2 aromatic rings. The van der Waals surface area contributed by atoms with Crippen molar-refractivity contribution in [2.75, 3.05) is 11.9 Å². The highest BCUT2D eigenvalue weighted by atomic mass is 32.2. The van der Waals surface area contributed by atoms with E-state index in [-0.39, 0.29) is 10.8 Å². The first-order valence-electron chi connectivity index (χ1n) is 8.21. The Morgan fingerprint density at radius 1 is 1.16 bits per heavy atom. The monoisotopic (exact) mass is 359 g/mol. The van der Waals surface area contributed by atoms with Crippen LogP contribution >= 0.6 is 0 Å². The van der Waals surface area contributed by atoms with Gasteiger partial charge in [0.1, 0.15) is 11.9 Å². The van der Waals surface area contributed by atoms with Crippen molar-refractivity contribution in [2.45, 2.75) is 37.6 Å². The van der Waals surface area contributed by atoms with Crippen molar-refractivity contribution < 1.29 is 13.2 Å². The van der Waals surface area contributed by atoms with Gasteiger partial charge in [-0.15, -0.1) is 0 Å². The number of nitrogens with one attached hydrogen (secondary N) is 1. The maximum atomic E-state index is 12.9. The van der Waals surface area contributed by atoms with Crippen molar-refractivity contribution in [2.24, 2.45) is 0 Å². The number of hydrogen-bond donors (Lipinski definition) is 1. The summed E-state index contributed by atoms with van der Waals surface area (Å²) in [5.41, 5.74) is 1.77. The number of sulfonamides is 1. The van der Waals surface area contributed by atoms with Gasteiger partial charge in [0.15, 0.2) is 0 Å². The van der Waals surface area contributed by atoms with Gasteiger partial charge < -0.3 is 5.32 Å². The highest BCUT2D eigenvalue weighted by Gasteiger charge is 2.39. The molecular weight excluding hydrogens is 338 g/mol. The van der Waals surface area contributed by atoms with E-state index in [1.165, 1.54) is 4.31 Å². The Balaban J connectivity index is 1.82. The summed E-state index contributed by atoms with van der Waals surface area (Å²) >= 11 is 0. The fourth-order valence-electron chi connectivity index (χ4n) is 2.96. The number of rotatable bonds is 4. The molecule has 1 saturated heterocycles. The van der Waals surface area contributed by atoms with E-state index in [2.05, 4.69) is 10.3 Å². The number of amides is 1. The molecule has 1 aliphatic heterocycles. The molecule has 132 valence electrons. The van der Waals surface area contributed by atoms with E-state index in [1.54, 1.807) is 36.4 Å². The van der Waals surface area contributed by atoms with Gasteiger partial charge in [-0.2, -0.15) is 4.31 Å². The number of carbonyl (C=O) groups is 1. The van der Waals surface area contributed by atoms with Gasteiger partial charge in [-0.25, -0.2) is 13.4 Å². The van der Waals surface area contributed by atoms with Gasteiger partial charge in [-0.1, -0.05) is 23.8 Å². The average molecular weight is 359 g/mol. The number of benzene rings is 1. The Bertz CT molecular complexity index is 879. The van der Waals surface area contributed by atoms with Gasteiger partial charge in [-0.3, -0.25) is 4.79 Å². The summed E-state index contributed by atoms with van der Waals surface area (Å²) in [7, 11) is -3.70. The minimum Gasteiger partial charge on any atom is -0.309 e. The zero-order chi connectivity index (χ0) is 18.0. The summed E-state index contributed by atoms with van der Waals surface area (Å²) in [6.07, 6.45) is 1.16. The fraction of sp³-hybridized carbons (Fsp3) is 0.333. The van der Waals surface area contributed by atoms with Crippen LogP contribution in [-0.4, -0.2) is 36.2 Å². The number of carbonyl (C=O) groups excluding carboxylic acids is 1. The van der Waals surface area contributed by atoms with Gasteiger partial charge in [0.2, 0.25) is 15.9 Å². The SMILES string of the molecule is Cc1ccc(S(=O)(=O)N2CCC[C@H]2C(=O)Nc2cccc(C)n2)cc1. The van der Waals surface area contributed by atoms with Crippen molar-refractivity contribution in [3.63, 3.8) is 0 Å². The quantitative estimate of drug-likeness (QED) is 0.910. The van der Waals surface area contributed by atoms with Gasteiger partial charge >= 0.3 is 0 Å². The Kier molecular flexibility index (Phi) is 4.87. The maximum Gasteiger partial charge on any atom is 0.243 e. The lowest BCUT2D eigenvalue weighted by Crippen LogP contribution is -2.43. The third-order valence-electron chi connectivity index (χ3n) is 4.27. The lowest BCUT2D eigenvalue weighted by molar-refractivity contribution is -0.119. The number of aromatic nitrogens is 1. The lowest BCUT2D eigenvalue weighted by atomic mass is 10.2. The third kappa shape index (κ3) is 3.72. The minimum atomic E-state index is -3.70. The summed E-state index contributed by atoms with van der Waals surface area (Å²) in [5.74, 6) is 0.0934. The Morgan fingerprint density at radius 3 is 2.56 bits per heavy atom. The molecule has 0 unspecified atom stereocenters. The Labute approximate surface area is 147 Å². The van der Waals surface area contributed by atoms with Crippen LogP contribution in [0.5, 0.6) is 0 Å². The second-order valence-electron chi connectivity index (χ2n) is 6.24. The zero-order valence-corrected chi connectivity index (χ0v) is 15.1. The minimum absolute atomic E-state index is 0.214. The molecule has 2 heterocycles. The first kappa shape index (κ1) is 17.6. The van der Waals surface area contributed by atoms with E-state index in [9.17, 15) is 13.2 Å². The summed E-state index contributed by atoms with van der Waals surface area (Å²) in [5, 5.41) is 2.73. The van der Waals surface area contributed by atoms with Crippen molar-refractivity contribution >= 4 is 21.7 Å². The molecule has 1 aromatic heterocycles. The normalized spacial score (nSPS) is 18.2. The Morgan fingerprint density at radius 2 is 1.88 bits per heavy atom. The van der Waals surface area contributed by atoms with E-state index >= 15 is 0 Å². The molecule has 0 aliphatic carbocycles. The molecule has 1 N–H and O–H groups in total. The van der Waals surface area contributed by atoms with Gasteiger partial charge in [0, 0.05) is 12.2 Å². The van der Waals surface area contributed by atoms with Crippen LogP contribution < -0.4 is 5.32 Å². The maximum absolute atomic E-state index is 12.9. The molecular formula is C18H21N3O3S. The van der Waals surface area contributed by atoms with Gasteiger partial charge in [-0.05, 0) is 51.0 Å². The van der Waals surface area contributed by atoms with E-state index in [0.29, 0.717) is 25.2 Å². The standard InChI is InChI=1S/C18H21N3O3S/c1-13-8-10-15(11-9-13)25(23,24)21-12-4-6-16(21)18(22)20-17-7-3-5-14(2)19-17/h3,5,7-11,16H,4,6,12H2,1-2H3,(H,19,20,22)/t16-/m0/s1. The third-order valence-corrected chi connectivity index (χ3v) is 6.20. The molecule has 0 saturated carbocycles.